The number of halogens is 1. The summed E-state index contributed by atoms with van der Waals surface area (Å²) < 4.78 is 13.6. The molecule has 0 saturated heterocycles. The zero-order valence-electron chi connectivity index (χ0n) is 10.3. The Labute approximate surface area is 115 Å². The fourth-order valence-electron chi connectivity index (χ4n) is 1.55. The molecule has 1 N–H and O–H groups in total. The van der Waals surface area contributed by atoms with Crippen molar-refractivity contribution in [3.05, 3.63) is 30.1 Å². The van der Waals surface area contributed by atoms with Crippen molar-refractivity contribution in [1.82, 2.24) is 15.2 Å². The van der Waals surface area contributed by atoms with E-state index < -0.39 is 0 Å². The van der Waals surface area contributed by atoms with E-state index in [2.05, 4.69) is 21.3 Å². The summed E-state index contributed by atoms with van der Waals surface area (Å²) in [5, 5.41) is 15.8. The largest absolute Gasteiger partial charge is 0.258 e. The zero-order valence-corrected chi connectivity index (χ0v) is 11.1. The normalized spacial score (nSPS) is 10.3. The molecule has 0 spiro atoms. The highest BCUT2D eigenvalue weighted by Crippen LogP contribution is 2.22. The third-order valence-corrected chi connectivity index (χ3v) is 3.44. The molecule has 1 heterocycles. The lowest BCUT2D eigenvalue weighted by Gasteiger charge is -1.96. The molecular weight excluding hydrogens is 263 g/mol. The van der Waals surface area contributed by atoms with Gasteiger partial charge in [-0.2, -0.15) is 5.26 Å². The van der Waals surface area contributed by atoms with Crippen LogP contribution in [0.25, 0.3) is 11.4 Å². The van der Waals surface area contributed by atoms with Crippen LogP contribution in [0.15, 0.2) is 29.4 Å². The van der Waals surface area contributed by atoms with Crippen LogP contribution >= 0.6 is 11.8 Å². The van der Waals surface area contributed by atoms with E-state index in [-0.39, 0.29) is 5.82 Å². The Balaban J connectivity index is 1.93. The summed E-state index contributed by atoms with van der Waals surface area (Å²) in [6, 6.07) is 8.57. The van der Waals surface area contributed by atoms with Crippen LogP contribution in [0.1, 0.15) is 19.3 Å². The molecule has 19 heavy (non-hydrogen) atoms. The number of nitrogens with one attached hydrogen (secondary N) is 1. The molecule has 0 unspecified atom stereocenters. The SMILES string of the molecule is N#CCCCCSc1n[nH]c(-c2ccccc2F)n1. The lowest BCUT2D eigenvalue weighted by molar-refractivity contribution is 0.630. The topological polar surface area (TPSA) is 65.4 Å². The van der Waals surface area contributed by atoms with Crippen molar-refractivity contribution in [1.29, 1.82) is 5.26 Å². The van der Waals surface area contributed by atoms with Gasteiger partial charge in [-0.05, 0) is 25.0 Å². The van der Waals surface area contributed by atoms with Crippen molar-refractivity contribution in [3.8, 4) is 17.5 Å². The average molecular weight is 276 g/mol. The number of nitriles is 1. The van der Waals surface area contributed by atoms with Gasteiger partial charge in [0, 0.05) is 12.2 Å². The first-order valence-corrected chi connectivity index (χ1v) is 6.97. The minimum atomic E-state index is -0.316. The number of hydrogen-bond donors (Lipinski definition) is 1. The number of H-pyrrole nitrogens is 1. The molecule has 1 aromatic heterocycles. The molecule has 0 aliphatic heterocycles. The number of hydrogen-bond acceptors (Lipinski definition) is 4. The summed E-state index contributed by atoms with van der Waals surface area (Å²) in [5.74, 6) is 0.984. The molecule has 2 aromatic rings. The molecule has 4 nitrogen and oxygen atoms in total. The maximum Gasteiger partial charge on any atom is 0.208 e. The van der Waals surface area contributed by atoms with Crippen LogP contribution in [0, 0.1) is 17.1 Å². The molecule has 0 atom stereocenters. The Kier molecular flexibility index (Phi) is 4.93. The Bertz CT molecular complexity index is 576. The standard InChI is InChI=1S/C13H13FN4S/c14-11-7-3-2-6-10(11)12-16-13(18-17-12)19-9-5-1-4-8-15/h2-3,6-7H,1,4-5,9H2,(H,16,17,18). The first-order valence-electron chi connectivity index (χ1n) is 5.98. The fourth-order valence-corrected chi connectivity index (χ4v) is 2.35. The van der Waals surface area contributed by atoms with Crippen LogP contribution in [0.4, 0.5) is 4.39 Å². The van der Waals surface area contributed by atoms with Gasteiger partial charge in [0.15, 0.2) is 5.82 Å². The molecule has 6 heteroatoms. The summed E-state index contributed by atoms with van der Waals surface area (Å²) in [7, 11) is 0. The van der Waals surface area contributed by atoms with E-state index in [1.165, 1.54) is 17.8 Å². The minimum Gasteiger partial charge on any atom is -0.258 e. The predicted molar refractivity (Wildman–Crippen MR) is 72.0 cm³/mol. The summed E-state index contributed by atoms with van der Waals surface area (Å²) in [6.07, 6.45) is 2.41. The quantitative estimate of drug-likeness (QED) is 0.648. The molecule has 0 radical (unpaired) electrons. The second kappa shape index (κ2) is 6.90. The van der Waals surface area contributed by atoms with Crippen LogP contribution in [-0.4, -0.2) is 20.9 Å². The molecule has 0 bridgehead atoms. The van der Waals surface area contributed by atoms with Gasteiger partial charge in [-0.25, -0.2) is 9.37 Å². The van der Waals surface area contributed by atoms with Crippen molar-refractivity contribution >= 4 is 11.8 Å². The number of aromatic nitrogens is 3. The monoisotopic (exact) mass is 276 g/mol. The lowest BCUT2D eigenvalue weighted by Crippen LogP contribution is -1.85. The van der Waals surface area contributed by atoms with Gasteiger partial charge in [0.25, 0.3) is 0 Å². The highest BCUT2D eigenvalue weighted by molar-refractivity contribution is 7.99. The molecule has 0 amide bonds. The van der Waals surface area contributed by atoms with Crippen molar-refractivity contribution in [2.75, 3.05) is 5.75 Å². The Hall–Kier alpha value is -1.87. The highest BCUT2D eigenvalue weighted by Gasteiger charge is 2.09. The van der Waals surface area contributed by atoms with E-state index in [4.69, 9.17) is 5.26 Å². The van der Waals surface area contributed by atoms with Crippen molar-refractivity contribution < 1.29 is 4.39 Å². The zero-order chi connectivity index (χ0) is 13.5. The molecule has 0 aliphatic carbocycles. The Morgan fingerprint density at radius 1 is 1.32 bits per heavy atom. The molecule has 0 saturated carbocycles. The maximum absolute atomic E-state index is 13.6. The number of aromatic amines is 1. The third kappa shape index (κ3) is 3.80. The lowest BCUT2D eigenvalue weighted by atomic mass is 10.2. The number of thioether (sulfide) groups is 1. The van der Waals surface area contributed by atoms with E-state index in [9.17, 15) is 4.39 Å². The summed E-state index contributed by atoms with van der Waals surface area (Å²) >= 11 is 1.51. The van der Waals surface area contributed by atoms with E-state index in [0.29, 0.717) is 23.0 Å². The van der Waals surface area contributed by atoms with Gasteiger partial charge in [-0.1, -0.05) is 23.9 Å². The Morgan fingerprint density at radius 2 is 2.16 bits per heavy atom. The highest BCUT2D eigenvalue weighted by atomic mass is 32.2. The van der Waals surface area contributed by atoms with E-state index in [0.717, 1.165) is 18.6 Å². The van der Waals surface area contributed by atoms with Crippen molar-refractivity contribution in [2.24, 2.45) is 0 Å². The van der Waals surface area contributed by atoms with Gasteiger partial charge in [0.1, 0.15) is 5.82 Å². The predicted octanol–water partition coefficient (Wildman–Crippen LogP) is 3.40. The fraction of sp³-hybridized carbons (Fsp3) is 0.308. The smallest absolute Gasteiger partial charge is 0.208 e. The molecule has 2 rings (SSSR count). The number of rotatable bonds is 6. The van der Waals surface area contributed by atoms with Crippen molar-refractivity contribution in [2.45, 2.75) is 24.4 Å². The van der Waals surface area contributed by atoms with E-state index >= 15 is 0 Å². The molecular formula is C13H13FN4S. The third-order valence-electron chi connectivity index (χ3n) is 2.51. The van der Waals surface area contributed by atoms with Gasteiger partial charge in [0.05, 0.1) is 11.6 Å². The van der Waals surface area contributed by atoms with Crippen LogP contribution in [-0.2, 0) is 0 Å². The summed E-state index contributed by atoms with van der Waals surface area (Å²) in [5.41, 5.74) is 0.423. The van der Waals surface area contributed by atoms with E-state index in [1.54, 1.807) is 18.2 Å². The summed E-state index contributed by atoms with van der Waals surface area (Å²) in [4.78, 5) is 4.25. The van der Waals surface area contributed by atoms with E-state index in [1.807, 2.05) is 0 Å². The molecule has 1 aromatic carbocycles. The summed E-state index contributed by atoms with van der Waals surface area (Å²) in [6.45, 7) is 0. The second-order valence-corrected chi connectivity index (χ2v) is 4.97. The van der Waals surface area contributed by atoms with Crippen LogP contribution in [0.5, 0.6) is 0 Å². The second-order valence-electron chi connectivity index (χ2n) is 3.91. The van der Waals surface area contributed by atoms with Gasteiger partial charge < -0.3 is 0 Å². The van der Waals surface area contributed by atoms with Crippen molar-refractivity contribution in [3.63, 3.8) is 0 Å². The average Bonchev–Trinajstić information content (AvgIpc) is 2.88. The van der Waals surface area contributed by atoms with Gasteiger partial charge in [0.2, 0.25) is 5.16 Å². The van der Waals surface area contributed by atoms with Crippen LogP contribution < -0.4 is 0 Å². The molecule has 0 fully saturated rings. The van der Waals surface area contributed by atoms with Gasteiger partial charge in [-0.15, -0.1) is 5.10 Å². The van der Waals surface area contributed by atoms with Gasteiger partial charge in [-0.3, -0.25) is 5.10 Å². The number of unbranched alkanes of at least 4 members (excludes halogenated alkanes) is 2. The number of nitrogens with zero attached hydrogens (tertiary/aromatic N) is 3. The van der Waals surface area contributed by atoms with Crippen LogP contribution in [0.3, 0.4) is 0 Å². The first-order chi connectivity index (χ1) is 9.31. The first kappa shape index (κ1) is 13.6. The Morgan fingerprint density at radius 3 is 2.95 bits per heavy atom. The van der Waals surface area contributed by atoms with Gasteiger partial charge >= 0.3 is 0 Å². The minimum absolute atomic E-state index is 0.316. The maximum atomic E-state index is 13.6. The molecule has 98 valence electrons. The number of benzene rings is 1. The van der Waals surface area contributed by atoms with Crippen LogP contribution in [0.2, 0.25) is 0 Å². The molecule has 0 aliphatic rings.